The fourth-order valence-corrected chi connectivity index (χ4v) is 2.89. The molecule has 0 radical (unpaired) electrons. The lowest BCUT2D eigenvalue weighted by Gasteiger charge is -2.27. The summed E-state index contributed by atoms with van der Waals surface area (Å²) in [5.74, 6) is -0.0568. The highest BCUT2D eigenvalue weighted by atomic mass is 35.5. The number of alkyl carbamates (subject to hydrolysis) is 1. The van der Waals surface area contributed by atoms with Crippen molar-refractivity contribution in [1.82, 2.24) is 5.32 Å². The van der Waals surface area contributed by atoms with E-state index in [1.165, 1.54) is 7.11 Å². The van der Waals surface area contributed by atoms with Crippen LogP contribution in [-0.2, 0) is 20.9 Å². The average molecular weight is 449 g/mol. The van der Waals surface area contributed by atoms with Crippen molar-refractivity contribution in [2.75, 3.05) is 12.4 Å². The first kappa shape index (κ1) is 24.5. The van der Waals surface area contributed by atoms with Crippen molar-refractivity contribution in [2.45, 2.75) is 52.0 Å². The van der Waals surface area contributed by atoms with E-state index in [1.54, 1.807) is 45.9 Å². The van der Waals surface area contributed by atoms with Gasteiger partial charge >= 0.3 is 6.09 Å². The molecule has 2 rings (SSSR count). The number of hydrogen-bond donors (Lipinski definition) is 2. The van der Waals surface area contributed by atoms with Gasteiger partial charge in [0.05, 0.1) is 25.5 Å². The second-order valence-corrected chi connectivity index (χ2v) is 8.40. The molecule has 0 spiro atoms. The maximum Gasteiger partial charge on any atom is 0.408 e. The van der Waals surface area contributed by atoms with Crippen LogP contribution in [0.3, 0.4) is 0 Å². The molecule has 0 aliphatic rings. The van der Waals surface area contributed by atoms with Crippen molar-refractivity contribution in [1.29, 1.82) is 0 Å². The number of ether oxygens (including phenoxy) is 3. The highest BCUT2D eigenvalue weighted by Gasteiger charge is 2.30. The van der Waals surface area contributed by atoms with Gasteiger partial charge in [-0.2, -0.15) is 0 Å². The van der Waals surface area contributed by atoms with E-state index in [9.17, 15) is 9.59 Å². The van der Waals surface area contributed by atoms with Gasteiger partial charge in [0.2, 0.25) is 5.91 Å². The number of carbonyl (C=O) groups is 2. The highest BCUT2D eigenvalue weighted by molar-refractivity contribution is 6.31. The molecule has 0 aliphatic heterocycles. The summed E-state index contributed by atoms with van der Waals surface area (Å²) in [6.45, 7) is 7.22. The Labute approximate surface area is 188 Å². The van der Waals surface area contributed by atoms with Gasteiger partial charge in [0.1, 0.15) is 17.4 Å². The number of rotatable bonds is 8. The van der Waals surface area contributed by atoms with Crippen LogP contribution in [0, 0.1) is 0 Å². The minimum absolute atomic E-state index is 0.280. The Morgan fingerprint density at radius 1 is 1.10 bits per heavy atom. The van der Waals surface area contributed by atoms with E-state index in [4.69, 9.17) is 25.8 Å². The summed E-state index contributed by atoms with van der Waals surface area (Å²) in [5, 5.41) is 5.79. The predicted octanol–water partition coefficient (Wildman–Crippen LogP) is 4.79. The largest absolute Gasteiger partial charge is 0.495 e. The van der Waals surface area contributed by atoms with Crippen molar-refractivity contribution in [3.63, 3.8) is 0 Å². The highest BCUT2D eigenvalue weighted by Crippen LogP contribution is 2.28. The number of halogens is 1. The molecule has 0 aromatic heterocycles. The molecule has 0 saturated carbocycles. The molecule has 2 atom stereocenters. The Morgan fingerprint density at radius 3 is 2.39 bits per heavy atom. The van der Waals surface area contributed by atoms with Crippen LogP contribution in [0.5, 0.6) is 5.75 Å². The fraction of sp³-hybridized carbons (Fsp3) is 0.391. The van der Waals surface area contributed by atoms with Crippen molar-refractivity contribution < 1.29 is 23.8 Å². The lowest BCUT2D eigenvalue weighted by Crippen LogP contribution is -2.52. The van der Waals surface area contributed by atoms with Gasteiger partial charge in [0.15, 0.2) is 0 Å². The second kappa shape index (κ2) is 11.0. The molecule has 7 nitrogen and oxygen atoms in total. The molecule has 0 aliphatic carbocycles. The molecular weight excluding hydrogens is 420 g/mol. The van der Waals surface area contributed by atoms with Crippen molar-refractivity contribution in [3.8, 4) is 5.75 Å². The normalized spacial score (nSPS) is 13.1. The van der Waals surface area contributed by atoms with Crippen LogP contribution in [0.15, 0.2) is 48.5 Å². The van der Waals surface area contributed by atoms with Crippen LogP contribution >= 0.6 is 11.6 Å². The molecule has 2 aromatic carbocycles. The third-order valence-electron chi connectivity index (χ3n) is 4.20. The number of benzene rings is 2. The summed E-state index contributed by atoms with van der Waals surface area (Å²) < 4.78 is 16.5. The molecule has 0 heterocycles. The molecular formula is C23H29ClN2O5. The van der Waals surface area contributed by atoms with Crippen LogP contribution in [0.25, 0.3) is 0 Å². The smallest absolute Gasteiger partial charge is 0.408 e. The molecule has 8 heteroatoms. The SMILES string of the molecule is COc1ccc(Cl)cc1NC(=O)[C@@H](NC(=O)OC(C)(C)C)[C@@H](C)OCc1ccccc1. The first-order chi connectivity index (χ1) is 14.6. The van der Waals surface area contributed by atoms with E-state index in [1.807, 2.05) is 30.3 Å². The van der Waals surface area contributed by atoms with Gasteiger partial charge in [0, 0.05) is 5.02 Å². The monoisotopic (exact) mass is 448 g/mol. The Hall–Kier alpha value is -2.77. The number of methoxy groups -OCH3 is 1. The van der Waals surface area contributed by atoms with E-state index in [-0.39, 0.29) is 6.61 Å². The third-order valence-corrected chi connectivity index (χ3v) is 4.43. The Kier molecular flexibility index (Phi) is 8.71. The molecule has 0 unspecified atom stereocenters. The van der Waals surface area contributed by atoms with Gasteiger partial charge in [-0.15, -0.1) is 0 Å². The molecule has 2 aromatic rings. The second-order valence-electron chi connectivity index (χ2n) is 7.96. The Morgan fingerprint density at radius 2 is 1.77 bits per heavy atom. The molecule has 168 valence electrons. The van der Waals surface area contributed by atoms with Crippen LogP contribution in [-0.4, -0.2) is 36.9 Å². The Bertz CT molecular complexity index is 883. The number of nitrogens with one attached hydrogen (secondary N) is 2. The molecule has 31 heavy (non-hydrogen) atoms. The zero-order valence-corrected chi connectivity index (χ0v) is 19.2. The first-order valence-electron chi connectivity index (χ1n) is 9.88. The summed E-state index contributed by atoms with van der Waals surface area (Å²) in [4.78, 5) is 25.5. The fourth-order valence-electron chi connectivity index (χ4n) is 2.72. The van der Waals surface area contributed by atoms with Crippen LogP contribution in [0.2, 0.25) is 5.02 Å². The molecule has 0 bridgehead atoms. The summed E-state index contributed by atoms with van der Waals surface area (Å²) in [7, 11) is 1.49. The minimum atomic E-state index is -1.03. The lowest BCUT2D eigenvalue weighted by molar-refractivity contribution is -0.122. The van der Waals surface area contributed by atoms with Crippen molar-refractivity contribution in [3.05, 3.63) is 59.1 Å². The number of hydrogen-bond acceptors (Lipinski definition) is 5. The molecule has 2 amide bonds. The zero-order valence-electron chi connectivity index (χ0n) is 18.4. The quantitative estimate of drug-likeness (QED) is 0.606. The summed E-state index contributed by atoms with van der Waals surface area (Å²) in [6, 6.07) is 13.4. The van der Waals surface area contributed by atoms with E-state index in [0.717, 1.165) is 5.56 Å². The topological polar surface area (TPSA) is 85.9 Å². The van der Waals surface area contributed by atoms with Crippen LogP contribution in [0.4, 0.5) is 10.5 Å². The minimum Gasteiger partial charge on any atom is -0.495 e. The van der Waals surface area contributed by atoms with Crippen molar-refractivity contribution >= 4 is 29.3 Å². The van der Waals surface area contributed by atoms with Gasteiger partial charge in [0.25, 0.3) is 0 Å². The Balaban J connectivity index is 2.18. The van der Waals surface area contributed by atoms with Gasteiger partial charge in [-0.3, -0.25) is 4.79 Å². The summed E-state index contributed by atoms with van der Waals surface area (Å²) in [5.41, 5.74) is 0.614. The van der Waals surface area contributed by atoms with Gasteiger partial charge < -0.3 is 24.8 Å². The van der Waals surface area contributed by atoms with E-state index in [0.29, 0.717) is 16.5 Å². The van der Waals surface area contributed by atoms with Gasteiger partial charge in [-0.1, -0.05) is 41.9 Å². The van der Waals surface area contributed by atoms with Crippen molar-refractivity contribution in [2.24, 2.45) is 0 Å². The van der Waals surface area contributed by atoms with Crippen LogP contribution in [0.1, 0.15) is 33.3 Å². The predicted molar refractivity (Wildman–Crippen MR) is 120 cm³/mol. The number of anilines is 1. The summed E-state index contributed by atoms with van der Waals surface area (Å²) in [6.07, 6.45) is -1.38. The maximum atomic E-state index is 13.1. The third kappa shape index (κ3) is 8.11. The number of amides is 2. The van der Waals surface area contributed by atoms with E-state index in [2.05, 4.69) is 10.6 Å². The summed E-state index contributed by atoms with van der Waals surface area (Å²) >= 11 is 6.05. The van der Waals surface area contributed by atoms with Gasteiger partial charge in [-0.25, -0.2) is 4.79 Å². The van der Waals surface area contributed by atoms with E-state index < -0.39 is 29.7 Å². The van der Waals surface area contributed by atoms with E-state index >= 15 is 0 Å². The standard InChI is InChI=1S/C23H29ClN2O5/c1-15(30-14-16-9-7-6-8-10-16)20(26-22(28)31-23(2,3)4)21(27)25-18-13-17(24)11-12-19(18)29-5/h6-13,15,20H,14H2,1-5H3,(H,25,27)(H,26,28)/t15-,20+/m1/s1. The lowest BCUT2D eigenvalue weighted by atomic mass is 10.1. The molecule has 2 N–H and O–H groups in total. The zero-order chi connectivity index (χ0) is 23.0. The average Bonchev–Trinajstić information content (AvgIpc) is 2.70. The first-order valence-corrected chi connectivity index (χ1v) is 10.3. The van der Waals surface area contributed by atoms with Gasteiger partial charge in [-0.05, 0) is 51.5 Å². The number of carbonyl (C=O) groups excluding carboxylic acids is 2. The molecule has 0 fully saturated rings. The van der Waals surface area contributed by atoms with Crippen LogP contribution < -0.4 is 15.4 Å². The molecule has 0 saturated heterocycles. The maximum absolute atomic E-state index is 13.1.